The molecule has 0 aromatic heterocycles. The number of carbonyl (C=O) groups is 1. The number of halogens is 1. The molecule has 0 spiro atoms. The van der Waals surface area contributed by atoms with Crippen molar-refractivity contribution >= 4 is 28.5 Å². The summed E-state index contributed by atoms with van der Waals surface area (Å²) in [4.78, 5) is 12.0. The van der Waals surface area contributed by atoms with E-state index in [0.717, 1.165) is 35.2 Å². The zero-order valence-electron chi connectivity index (χ0n) is 8.91. The van der Waals surface area contributed by atoms with E-state index in [-0.39, 0.29) is 11.9 Å². The van der Waals surface area contributed by atoms with E-state index in [2.05, 4.69) is 27.9 Å². The Labute approximate surface area is 109 Å². The van der Waals surface area contributed by atoms with Gasteiger partial charge in [0.2, 0.25) is 0 Å². The zero-order chi connectivity index (χ0) is 11.4. The Morgan fingerprint density at radius 3 is 2.69 bits per heavy atom. The van der Waals surface area contributed by atoms with Crippen molar-refractivity contribution in [3.63, 3.8) is 0 Å². The molecule has 0 unspecified atom stereocenters. The molecule has 3 nitrogen and oxygen atoms in total. The van der Waals surface area contributed by atoms with Crippen molar-refractivity contribution in [1.82, 2.24) is 5.32 Å². The fraction of sp³-hybridized carbons (Fsp3) is 0.417. The van der Waals surface area contributed by atoms with Crippen LogP contribution in [0.25, 0.3) is 0 Å². The Bertz CT molecular complexity index is 375. The SMILES string of the molecule is O=C(NC1CCOCC1)c1ccccc1I. The second-order valence-corrected chi connectivity index (χ2v) is 5.00. The highest BCUT2D eigenvalue weighted by Crippen LogP contribution is 2.13. The minimum Gasteiger partial charge on any atom is -0.381 e. The van der Waals surface area contributed by atoms with Crippen LogP contribution in [-0.4, -0.2) is 25.2 Å². The minimum atomic E-state index is 0.0249. The summed E-state index contributed by atoms with van der Waals surface area (Å²) >= 11 is 2.18. The van der Waals surface area contributed by atoms with Gasteiger partial charge in [0.25, 0.3) is 5.91 Å². The van der Waals surface area contributed by atoms with Gasteiger partial charge in [0.1, 0.15) is 0 Å². The van der Waals surface area contributed by atoms with E-state index in [4.69, 9.17) is 4.74 Å². The zero-order valence-corrected chi connectivity index (χ0v) is 11.1. The molecule has 1 aromatic rings. The molecule has 1 aliphatic rings. The summed E-state index contributed by atoms with van der Waals surface area (Å²) in [6.45, 7) is 1.49. The van der Waals surface area contributed by atoms with Crippen LogP contribution < -0.4 is 5.32 Å². The highest BCUT2D eigenvalue weighted by Gasteiger charge is 2.17. The van der Waals surface area contributed by atoms with Gasteiger partial charge >= 0.3 is 0 Å². The third-order valence-corrected chi connectivity index (χ3v) is 3.62. The highest BCUT2D eigenvalue weighted by atomic mass is 127. The second kappa shape index (κ2) is 5.63. The number of nitrogens with one attached hydrogen (secondary N) is 1. The van der Waals surface area contributed by atoms with Crippen LogP contribution >= 0.6 is 22.6 Å². The summed E-state index contributed by atoms with van der Waals surface area (Å²) in [5.74, 6) is 0.0249. The maximum atomic E-state index is 12.0. The lowest BCUT2D eigenvalue weighted by Gasteiger charge is -2.23. The molecule has 0 saturated carbocycles. The standard InChI is InChI=1S/C12H14INO2/c13-11-4-2-1-3-10(11)12(15)14-9-5-7-16-8-6-9/h1-4,9H,5-8H2,(H,14,15). The van der Waals surface area contributed by atoms with Crippen molar-refractivity contribution < 1.29 is 9.53 Å². The number of hydrogen-bond donors (Lipinski definition) is 1. The normalized spacial score (nSPS) is 17.1. The van der Waals surface area contributed by atoms with Gasteiger partial charge in [-0.3, -0.25) is 4.79 Å². The number of benzene rings is 1. The van der Waals surface area contributed by atoms with Gasteiger partial charge in [0.05, 0.1) is 5.56 Å². The van der Waals surface area contributed by atoms with Gasteiger partial charge in [-0.2, -0.15) is 0 Å². The summed E-state index contributed by atoms with van der Waals surface area (Å²) in [7, 11) is 0. The van der Waals surface area contributed by atoms with Crippen molar-refractivity contribution in [2.24, 2.45) is 0 Å². The second-order valence-electron chi connectivity index (χ2n) is 3.84. The predicted octanol–water partition coefficient (Wildman–Crippen LogP) is 2.20. The smallest absolute Gasteiger partial charge is 0.252 e. The fourth-order valence-corrected chi connectivity index (χ4v) is 2.38. The molecule has 86 valence electrons. The van der Waals surface area contributed by atoms with Gasteiger partial charge in [-0.25, -0.2) is 0 Å². The first-order valence-corrected chi connectivity index (χ1v) is 6.48. The lowest BCUT2D eigenvalue weighted by atomic mass is 10.1. The first kappa shape index (κ1) is 11.9. The lowest BCUT2D eigenvalue weighted by molar-refractivity contribution is 0.0696. The predicted molar refractivity (Wildman–Crippen MR) is 70.5 cm³/mol. The monoisotopic (exact) mass is 331 g/mol. The van der Waals surface area contributed by atoms with Gasteiger partial charge in [-0.15, -0.1) is 0 Å². The van der Waals surface area contributed by atoms with Crippen molar-refractivity contribution in [2.75, 3.05) is 13.2 Å². The Balaban J connectivity index is 2.00. The molecule has 0 radical (unpaired) electrons. The van der Waals surface area contributed by atoms with Gasteiger partial charge in [-0.1, -0.05) is 12.1 Å². The van der Waals surface area contributed by atoms with E-state index in [1.165, 1.54) is 0 Å². The average Bonchev–Trinajstić information content (AvgIpc) is 2.31. The van der Waals surface area contributed by atoms with Crippen LogP contribution in [0.1, 0.15) is 23.2 Å². The summed E-state index contributed by atoms with van der Waals surface area (Å²) in [5, 5.41) is 3.05. The quantitative estimate of drug-likeness (QED) is 0.844. The third kappa shape index (κ3) is 2.95. The molecular weight excluding hydrogens is 317 g/mol. The number of hydrogen-bond acceptors (Lipinski definition) is 2. The molecule has 16 heavy (non-hydrogen) atoms. The number of rotatable bonds is 2. The maximum Gasteiger partial charge on any atom is 0.252 e. The van der Waals surface area contributed by atoms with Crippen LogP contribution in [0.5, 0.6) is 0 Å². The summed E-state index contributed by atoms with van der Waals surface area (Å²) < 4.78 is 6.25. The molecule has 0 atom stereocenters. The van der Waals surface area contributed by atoms with Crippen molar-refractivity contribution in [1.29, 1.82) is 0 Å². The molecule has 0 aliphatic carbocycles. The van der Waals surface area contributed by atoms with Gasteiger partial charge in [0, 0.05) is 22.8 Å². The number of ether oxygens (including phenoxy) is 1. The minimum absolute atomic E-state index is 0.0249. The average molecular weight is 331 g/mol. The molecule has 1 fully saturated rings. The Hall–Kier alpha value is -0.620. The summed E-state index contributed by atoms with van der Waals surface area (Å²) in [6, 6.07) is 7.89. The largest absolute Gasteiger partial charge is 0.381 e. The van der Waals surface area contributed by atoms with E-state index < -0.39 is 0 Å². The van der Waals surface area contributed by atoms with Gasteiger partial charge in [-0.05, 0) is 47.6 Å². The van der Waals surface area contributed by atoms with Crippen LogP contribution in [0.2, 0.25) is 0 Å². The number of amides is 1. The van der Waals surface area contributed by atoms with Gasteiger partial charge < -0.3 is 10.1 Å². The third-order valence-electron chi connectivity index (χ3n) is 2.68. The topological polar surface area (TPSA) is 38.3 Å². The molecule has 1 heterocycles. The van der Waals surface area contributed by atoms with Crippen LogP contribution in [-0.2, 0) is 4.74 Å². The molecule has 1 N–H and O–H groups in total. The Morgan fingerprint density at radius 1 is 1.31 bits per heavy atom. The van der Waals surface area contributed by atoms with Gasteiger partial charge in [0.15, 0.2) is 0 Å². The fourth-order valence-electron chi connectivity index (χ4n) is 1.75. The molecule has 1 aromatic carbocycles. The molecular formula is C12H14INO2. The molecule has 0 bridgehead atoms. The van der Waals surface area contributed by atoms with E-state index in [0.29, 0.717) is 0 Å². The first-order valence-electron chi connectivity index (χ1n) is 5.40. The van der Waals surface area contributed by atoms with E-state index >= 15 is 0 Å². The summed E-state index contributed by atoms with van der Waals surface area (Å²) in [5.41, 5.74) is 0.759. The molecule has 2 rings (SSSR count). The first-order chi connectivity index (χ1) is 7.77. The van der Waals surface area contributed by atoms with Crippen molar-refractivity contribution in [2.45, 2.75) is 18.9 Å². The maximum absolute atomic E-state index is 12.0. The van der Waals surface area contributed by atoms with Crippen LogP contribution in [0.4, 0.5) is 0 Å². The molecule has 1 saturated heterocycles. The number of carbonyl (C=O) groups excluding carboxylic acids is 1. The van der Waals surface area contributed by atoms with Crippen LogP contribution in [0, 0.1) is 3.57 Å². The molecule has 1 amide bonds. The van der Waals surface area contributed by atoms with E-state index in [1.807, 2.05) is 24.3 Å². The molecule has 4 heteroatoms. The molecule has 1 aliphatic heterocycles. The van der Waals surface area contributed by atoms with Crippen LogP contribution in [0.15, 0.2) is 24.3 Å². The van der Waals surface area contributed by atoms with E-state index in [9.17, 15) is 4.79 Å². The highest BCUT2D eigenvalue weighted by molar-refractivity contribution is 14.1. The Kier molecular flexibility index (Phi) is 4.17. The van der Waals surface area contributed by atoms with Crippen molar-refractivity contribution in [3.8, 4) is 0 Å². The summed E-state index contributed by atoms with van der Waals surface area (Å²) in [6.07, 6.45) is 1.82. The lowest BCUT2D eigenvalue weighted by Crippen LogP contribution is -2.39. The van der Waals surface area contributed by atoms with Crippen molar-refractivity contribution in [3.05, 3.63) is 33.4 Å². The van der Waals surface area contributed by atoms with E-state index in [1.54, 1.807) is 0 Å². The van der Waals surface area contributed by atoms with Crippen LogP contribution in [0.3, 0.4) is 0 Å². The Morgan fingerprint density at radius 2 is 2.00 bits per heavy atom.